The van der Waals surface area contributed by atoms with Gasteiger partial charge in [-0.2, -0.15) is 0 Å². The molecule has 0 saturated carbocycles. The van der Waals surface area contributed by atoms with E-state index in [0.717, 1.165) is 0 Å². The highest BCUT2D eigenvalue weighted by Crippen LogP contribution is 2.27. The quantitative estimate of drug-likeness (QED) is 0.625. The van der Waals surface area contributed by atoms with E-state index in [4.69, 9.17) is 5.11 Å². The fourth-order valence-corrected chi connectivity index (χ4v) is 1.68. The SMILES string of the molecule is CC(=O)N(CCCC(=O)O)c1ccccc1[N+](=O)[O-]. The molecule has 0 aliphatic rings. The number of amides is 1. The van der Waals surface area contributed by atoms with Gasteiger partial charge in [0.05, 0.1) is 4.92 Å². The second kappa shape index (κ2) is 6.48. The molecule has 19 heavy (non-hydrogen) atoms. The second-order valence-electron chi connectivity index (χ2n) is 3.91. The first kappa shape index (κ1) is 14.6. The van der Waals surface area contributed by atoms with Crippen molar-refractivity contribution in [3.05, 3.63) is 34.4 Å². The van der Waals surface area contributed by atoms with Gasteiger partial charge in [-0.1, -0.05) is 12.1 Å². The first-order chi connectivity index (χ1) is 8.93. The molecule has 0 aromatic heterocycles. The van der Waals surface area contributed by atoms with Crippen LogP contribution >= 0.6 is 0 Å². The Morgan fingerprint density at radius 1 is 1.37 bits per heavy atom. The second-order valence-corrected chi connectivity index (χ2v) is 3.91. The van der Waals surface area contributed by atoms with E-state index >= 15 is 0 Å². The average molecular weight is 266 g/mol. The molecule has 0 unspecified atom stereocenters. The molecule has 0 heterocycles. The maximum absolute atomic E-state index is 11.6. The van der Waals surface area contributed by atoms with Crippen LogP contribution in [0, 0.1) is 10.1 Å². The van der Waals surface area contributed by atoms with Crippen molar-refractivity contribution in [2.45, 2.75) is 19.8 Å². The highest BCUT2D eigenvalue weighted by Gasteiger charge is 2.21. The van der Waals surface area contributed by atoms with Gasteiger partial charge in [-0.3, -0.25) is 19.7 Å². The maximum Gasteiger partial charge on any atom is 0.303 e. The lowest BCUT2D eigenvalue weighted by Crippen LogP contribution is -2.30. The number of nitro benzene ring substituents is 1. The van der Waals surface area contributed by atoms with Crippen LogP contribution in [0.2, 0.25) is 0 Å². The summed E-state index contributed by atoms with van der Waals surface area (Å²) in [6.07, 6.45) is 0.144. The number of carboxylic acid groups (broad SMARTS) is 1. The summed E-state index contributed by atoms with van der Waals surface area (Å²) in [5.74, 6) is -1.33. The molecular weight excluding hydrogens is 252 g/mol. The highest BCUT2D eigenvalue weighted by molar-refractivity contribution is 5.93. The number of rotatable bonds is 6. The van der Waals surface area contributed by atoms with E-state index in [9.17, 15) is 19.7 Å². The number of para-hydroxylation sites is 2. The van der Waals surface area contributed by atoms with E-state index in [0.29, 0.717) is 0 Å². The van der Waals surface area contributed by atoms with Crippen LogP contribution in [0.25, 0.3) is 0 Å². The highest BCUT2D eigenvalue weighted by atomic mass is 16.6. The lowest BCUT2D eigenvalue weighted by atomic mass is 10.2. The minimum atomic E-state index is -0.967. The Hall–Kier alpha value is -2.44. The Balaban J connectivity index is 2.96. The summed E-state index contributed by atoms with van der Waals surface area (Å²) in [4.78, 5) is 33.6. The third-order valence-electron chi connectivity index (χ3n) is 2.52. The summed E-state index contributed by atoms with van der Waals surface area (Å²) in [6, 6.07) is 5.88. The van der Waals surface area contributed by atoms with Crippen LogP contribution in [-0.4, -0.2) is 28.5 Å². The molecule has 1 aromatic rings. The topological polar surface area (TPSA) is 101 Å². The van der Waals surface area contributed by atoms with Crippen molar-refractivity contribution in [1.82, 2.24) is 0 Å². The summed E-state index contributed by atoms with van der Waals surface area (Å²) < 4.78 is 0. The van der Waals surface area contributed by atoms with Gasteiger partial charge in [0.2, 0.25) is 5.91 Å². The van der Waals surface area contributed by atoms with Crippen molar-refractivity contribution >= 4 is 23.3 Å². The molecule has 0 bridgehead atoms. The molecule has 0 spiro atoms. The Labute approximate surface area is 109 Å². The molecule has 1 aromatic carbocycles. The zero-order chi connectivity index (χ0) is 14.4. The van der Waals surface area contributed by atoms with E-state index in [2.05, 4.69) is 0 Å². The van der Waals surface area contributed by atoms with Crippen LogP contribution < -0.4 is 4.90 Å². The van der Waals surface area contributed by atoms with E-state index < -0.39 is 10.9 Å². The largest absolute Gasteiger partial charge is 0.481 e. The summed E-state index contributed by atoms with van der Waals surface area (Å²) in [5, 5.41) is 19.5. The van der Waals surface area contributed by atoms with Crippen molar-refractivity contribution in [2.24, 2.45) is 0 Å². The number of nitro groups is 1. The number of carbonyl (C=O) groups excluding carboxylic acids is 1. The normalized spacial score (nSPS) is 9.95. The summed E-state index contributed by atoms with van der Waals surface area (Å²) in [7, 11) is 0. The molecule has 0 radical (unpaired) electrons. The number of carbonyl (C=O) groups is 2. The number of aliphatic carboxylic acids is 1. The number of benzene rings is 1. The monoisotopic (exact) mass is 266 g/mol. The van der Waals surface area contributed by atoms with Crippen LogP contribution in [-0.2, 0) is 9.59 Å². The minimum absolute atomic E-state index is 0.0928. The Morgan fingerprint density at radius 2 is 2.00 bits per heavy atom. The van der Waals surface area contributed by atoms with Crippen LogP contribution in [0.1, 0.15) is 19.8 Å². The molecule has 1 rings (SSSR count). The standard InChI is InChI=1S/C12H14N2O5/c1-9(15)13(8-4-7-12(16)17)10-5-2-3-6-11(10)14(18)19/h2-3,5-6H,4,7-8H2,1H3,(H,16,17). The fourth-order valence-electron chi connectivity index (χ4n) is 1.68. The van der Waals surface area contributed by atoms with Gasteiger partial charge in [-0.05, 0) is 12.5 Å². The Kier molecular flexibility index (Phi) is 4.99. The molecular formula is C12H14N2O5. The Morgan fingerprint density at radius 3 is 2.53 bits per heavy atom. The fraction of sp³-hybridized carbons (Fsp3) is 0.333. The molecule has 0 aliphatic carbocycles. The maximum atomic E-state index is 11.6. The molecule has 0 saturated heterocycles. The lowest BCUT2D eigenvalue weighted by molar-refractivity contribution is -0.384. The number of anilines is 1. The van der Waals surface area contributed by atoms with Gasteiger partial charge in [0, 0.05) is 26.0 Å². The van der Waals surface area contributed by atoms with Gasteiger partial charge in [0.1, 0.15) is 5.69 Å². The summed E-state index contributed by atoms with van der Waals surface area (Å²) in [6.45, 7) is 1.42. The zero-order valence-corrected chi connectivity index (χ0v) is 10.4. The minimum Gasteiger partial charge on any atom is -0.481 e. The van der Waals surface area contributed by atoms with Crippen molar-refractivity contribution in [2.75, 3.05) is 11.4 Å². The molecule has 7 nitrogen and oxygen atoms in total. The zero-order valence-electron chi connectivity index (χ0n) is 10.4. The number of hydrogen-bond donors (Lipinski definition) is 1. The van der Waals surface area contributed by atoms with E-state index in [1.165, 1.54) is 30.0 Å². The van der Waals surface area contributed by atoms with Gasteiger partial charge in [-0.15, -0.1) is 0 Å². The molecule has 102 valence electrons. The van der Waals surface area contributed by atoms with E-state index in [1.807, 2.05) is 0 Å². The van der Waals surface area contributed by atoms with Gasteiger partial charge < -0.3 is 10.0 Å². The smallest absolute Gasteiger partial charge is 0.303 e. The predicted molar refractivity (Wildman–Crippen MR) is 68.0 cm³/mol. The van der Waals surface area contributed by atoms with Crippen LogP contribution in [0.5, 0.6) is 0 Å². The predicted octanol–water partition coefficient (Wildman–Crippen LogP) is 1.81. The molecule has 0 aliphatic heterocycles. The van der Waals surface area contributed by atoms with Crippen molar-refractivity contribution in [1.29, 1.82) is 0 Å². The molecule has 0 atom stereocenters. The third kappa shape index (κ3) is 4.06. The first-order valence-corrected chi connectivity index (χ1v) is 5.66. The number of carboxylic acids is 1. The van der Waals surface area contributed by atoms with Gasteiger partial charge in [0.25, 0.3) is 5.69 Å². The molecule has 1 amide bonds. The van der Waals surface area contributed by atoms with Crippen LogP contribution in [0.4, 0.5) is 11.4 Å². The Bertz CT molecular complexity index is 501. The summed E-state index contributed by atoms with van der Waals surface area (Å²) in [5.41, 5.74) is 0.0124. The van der Waals surface area contributed by atoms with Crippen molar-refractivity contribution < 1.29 is 19.6 Å². The molecule has 0 fully saturated rings. The van der Waals surface area contributed by atoms with Crippen LogP contribution in [0.15, 0.2) is 24.3 Å². The van der Waals surface area contributed by atoms with E-state index in [1.54, 1.807) is 6.07 Å². The number of nitrogens with zero attached hydrogens (tertiary/aromatic N) is 2. The van der Waals surface area contributed by atoms with Gasteiger partial charge >= 0.3 is 5.97 Å². The number of hydrogen-bond acceptors (Lipinski definition) is 4. The van der Waals surface area contributed by atoms with E-state index in [-0.39, 0.29) is 36.7 Å². The van der Waals surface area contributed by atoms with Crippen molar-refractivity contribution in [3.63, 3.8) is 0 Å². The van der Waals surface area contributed by atoms with Gasteiger partial charge in [0.15, 0.2) is 0 Å². The lowest BCUT2D eigenvalue weighted by Gasteiger charge is -2.20. The van der Waals surface area contributed by atoms with Gasteiger partial charge in [-0.25, -0.2) is 0 Å². The average Bonchev–Trinajstić information content (AvgIpc) is 2.34. The molecule has 7 heteroatoms. The first-order valence-electron chi connectivity index (χ1n) is 5.66. The summed E-state index contributed by atoms with van der Waals surface area (Å²) >= 11 is 0. The molecule has 1 N–H and O–H groups in total. The third-order valence-corrected chi connectivity index (χ3v) is 2.52. The van der Waals surface area contributed by atoms with Crippen molar-refractivity contribution in [3.8, 4) is 0 Å². The van der Waals surface area contributed by atoms with Crippen LogP contribution in [0.3, 0.4) is 0 Å².